The minimum Gasteiger partial charge on any atom is -0.336 e. The van der Waals surface area contributed by atoms with Crippen molar-refractivity contribution in [2.75, 3.05) is 7.05 Å². The molecule has 0 N–H and O–H groups in total. The zero-order valence-corrected chi connectivity index (χ0v) is 13.2. The fraction of sp³-hybridized carbons (Fsp3) is 0.154. The molecule has 2 aromatic rings. The summed E-state index contributed by atoms with van der Waals surface area (Å²) in [5.74, 6) is -0.464. The molecule has 1 amide bonds. The lowest BCUT2D eigenvalue weighted by Gasteiger charge is -2.16. The molecule has 0 aliphatic carbocycles. The lowest BCUT2D eigenvalue weighted by Crippen LogP contribution is -2.26. The van der Waals surface area contributed by atoms with Crippen molar-refractivity contribution in [2.45, 2.75) is 6.54 Å². The Morgan fingerprint density at radius 1 is 1.33 bits per heavy atom. The number of nitrogens with zero attached hydrogens (tertiary/aromatic N) is 2. The Kier molecular flexibility index (Phi) is 4.82. The van der Waals surface area contributed by atoms with Crippen LogP contribution in [-0.2, 0) is 6.54 Å². The van der Waals surface area contributed by atoms with Crippen LogP contribution < -0.4 is 0 Å². The molecule has 0 radical (unpaired) electrons. The molecule has 0 bridgehead atoms. The number of benzene rings is 1. The van der Waals surface area contributed by atoms with Gasteiger partial charge in [0.2, 0.25) is 0 Å². The zero-order chi connectivity index (χ0) is 15.6. The van der Waals surface area contributed by atoms with Crippen LogP contribution in [0.25, 0.3) is 0 Å². The third-order valence-corrected chi connectivity index (χ3v) is 4.29. The summed E-state index contributed by atoms with van der Waals surface area (Å²) < 4.78 is 0.625. The van der Waals surface area contributed by atoms with Crippen LogP contribution in [0.4, 0.5) is 5.69 Å². The van der Waals surface area contributed by atoms with E-state index in [1.807, 2.05) is 6.07 Å². The molecule has 0 saturated heterocycles. The van der Waals surface area contributed by atoms with Gasteiger partial charge in [0.1, 0.15) is 10.6 Å². The second kappa shape index (κ2) is 6.43. The molecule has 8 heteroatoms. The molecule has 0 unspecified atom stereocenters. The minimum atomic E-state index is -0.647. The molecule has 5 nitrogen and oxygen atoms in total. The van der Waals surface area contributed by atoms with Crippen molar-refractivity contribution in [1.29, 1.82) is 0 Å². The fourth-order valence-electron chi connectivity index (χ4n) is 1.82. The van der Waals surface area contributed by atoms with Crippen LogP contribution in [0, 0.1) is 10.1 Å². The smallest absolute Gasteiger partial charge is 0.300 e. The average molecular weight is 345 g/mol. The standard InChI is InChI=1S/C13H10Cl2N2O3S/c1-16(7-8-5-6-11(15)21-8)13(18)9-3-2-4-10(14)12(9)17(19)20/h2-6H,7H2,1H3. The van der Waals surface area contributed by atoms with Gasteiger partial charge in [-0.1, -0.05) is 29.3 Å². The normalized spacial score (nSPS) is 10.4. The van der Waals surface area contributed by atoms with E-state index in [2.05, 4.69) is 0 Å². The summed E-state index contributed by atoms with van der Waals surface area (Å²) in [7, 11) is 1.57. The second-order valence-corrected chi connectivity index (χ2v) is 6.47. The van der Waals surface area contributed by atoms with Crippen molar-refractivity contribution in [2.24, 2.45) is 0 Å². The Hall–Kier alpha value is -1.63. The van der Waals surface area contributed by atoms with E-state index in [1.54, 1.807) is 13.1 Å². The van der Waals surface area contributed by atoms with E-state index < -0.39 is 10.8 Å². The Labute approximate surface area is 134 Å². The lowest BCUT2D eigenvalue weighted by molar-refractivity contribution is -0.385. The van der Waals surface area contributed by atoms with Gasteiger partial charge >= 0.3 is 5.69 Å². The zero-order valence-electron chi connectivity index (χ0n) is 10.9. The molecule has 0 aliphatic rings. The first-order valence-electron chi connectivity index (χ1n) is 5.82. The topological polar surface area (TPSA) is 63.5 Å². The highest BCUT2D eigenvalue weighted by Gasteiger charge is 2.25. The Morgan fingerprint density at radius 3 is 2.62 bits per heavy atom. The molecule has 0 fully saturated rings. The first-order chi connectivity index (χ1) is 9.90. The molecule has 0 atom stereocenters. The van der Waals surface area contributed by atoms with Crippen LogP contribution in [0.5, 0.6) is 0 Å². The number of para-hydroxylation sites is 1. The summed E-state index contributed by atoms with van der Waals surface area (Å²) in [5.41, 5.74) is -0.405. The van der Waals surface area contributed by atoms with Crippen molar-refractivity contribution >= 4 is 46.1 Å². The maximum Gasteiger partial charge on any atom is 0.300 e. The monoisotopic (exact) mass is 344 g/mol. The summed E-state index contributed by atoms with van der Waals surface area (Å²) in [6.07, 6.45) is 0. The molecule has 0 saturated carbocycles. The van der Waals surface area contributed by atoms with Gasteiger partial charge in [-0.3, -0.25) is 14.9 Å². The van der Waals surface area contributed by atoms with Crippen molar-refractivity contribution in [1.82, 2.24) is 4.90 Å². The highest BCUT2D eigenvalue weighted by Crippen LogP contribution is 2.29. The molecular weight excluding hydrogens is 335 g/mol. The average Bonchev–Trinajstić information content (AvgIpc) is 2.82. The van der Waals surface area contributed by atoms with Crippen LogP contribution in [0.15, 0.2) is 30.3 Å². The molecule has 21 heavy (non-hydrogen) atoms. The van der Waals surface area contributed by atoms with Gasteiger partial charge < -0.3 is 4.90 Å². The number of halogens is 2. The van der Waals surface area contributed by atoms with Gasteiger partial charge in [0.05, 0.1) is 15.8 Å². The number of hydrogen-bond acceptors (Lipinski definition) is 4. The van der Waals surface area contributed by atoms with E-state index in [9.17, 15) is 14.9 Å². The van der Waals surface area contributed by atoms with Gasteiger partial charge in [0, 0.05) is 11.9 Å². The van der Waals surface area contributed by atoms with Gasteiger partial charge in [-0.2, -0.15) is 0 Å². The molecule has 0 spiro atoms. The molecule has 1 heterocycles. The Bertz CT molecular complexity index is 702. The first-order valence-corrected chi connectivity index (χ1v) is 7.40. The number of amides is 1. The van der Waals surface area contributed by atoms with Crippen molar-refractivity contribution in [3.05, 3.63) is 60.2 Å². The Balaban J connectivity index is 2.27. The second-order valence-electron chi connectivity index (χ2n) is 4.26. The maximum absolute atomic E-state index is 12.4. The van der Waals surface area contributed by atoms with Gasteiger partial charge in [0.25, 0.3) is 5.91 Å². The van der Waals surface area contributed by atoms with Crippen molar-refractivity contribution in [3.63, 3.8) is 0 Å². The lowest BCUT2D eigenvalue weighted by atomic mass is 10.1. The predicted molar refractivity (Wildman–Crippen MR) is 83.2 cm³/mol. The number of rotatable bonds is 4. The van der Waals surface area contributed by atoms with Crippen LogP contribution in [-0.4, -0.2) is 22.8 Å². The summed E-state index contributed by atoms with van der Waals surface area (Å²) >= 11 is 13.0. The summed E-state index contributed by atoms with van der Waals surface area (Å²) in [6.45, 7) is 0.319. The number of nitro groups is 1. The SMILES string of the molecule is CN(Cc1ccc(Cl)s1)C(=O)c1cccc(Cl)c1[N+](=O)[O-]. The molecule has 1 aromatic heterocycles. The van der Waals surface area contributed by atoms with E-state index in [-0.39, 0.29) is 16.3 Å². The summed E-state index contributed by atoms with van der Waals surface area (Å²) in [5, 5.41) is 11.0. The number of carbonyl (C=O) groups is 1. The van der Waals surface area contributed by atoms with Gasteiger partial charge in [-0.25, -0.2) is 0 Å². The predicted octanol–water partition coefficient (Wildman–Crippen LogP) is 4.24. The Morgan fingerprint density at radius 2 is 2.05 bits per heavy atom. The first kappa shape index (κ1) is 15.8. The quantitative estimate of drug-likeness (QED) is 0.615. The number of carbonyl (C=O) groups excluding carboxylic acids is 1. The summed E-state index contributed by atoms with van der Waals surface area (Å²) in [6, 6.07) is 7.84. The van der Waals surface area contributed by atoms with E-state index in [1.165, 1.54) is 34.4 Å². The largest absolute Gasteiger partial charge is 0.336 e. The number of thiophene rings is 1. The minimum absolute atomic E-state index is 0.0300. The third-order valence-electron chi connectivity index (χ3n) is 2.77. The van der Waals surface area contributed by atoms with Crippen LogP contribution in [0.1, 0.15) is 15.2 Å². The highest BCUT2D eigenvalue weighted by atomic mass is 35.5. The van der Waals surface area contributed by atoms with Gasteiger partial charge in [0.15, 0.2) is 0 Å². The van der Waals surface area contributed by atoms with Crippen molar-refractivity contribution < 1.29 is 9.72 Å². The van der Waals surface area contributed by atoms with E-state index in [4.69, 9.17) is 23.2 Å². The molecule has 1 aromatic carbocycles. The van der Waals surface area contributed by atoms with E-state index in [0.717, 1.165) is 4.88 Å². The maximum atomic E-state index is 12.4. The molecule has 0 aliphatic heterocycles. The van der Waals surface area contributed by atoms with Gasteiger partial charge in [-0.15, -0.1) is 11.3 Å². The highest BCUT2D eigenvalue weighted by molar-refractivity contribution is 7.16. The van der Waals surface area contributed by atoms with Gasteiger partial charge in [-0.05, 0) is 24.3 Å². The molecule has 110 valence electrons. The van der Waals surface area contributed by atoms with E-state index in [0.29, 0.717) is 10.9 Å². The molecular formula is C13H10Cl2N2O3S. The molecule has 2 rings (SSSR count). The number of hydrogen-bond donors (Lipinski definition) is 0. The number of nitro benzene ring substituents is 1. The van der Waals surface area contributed by atoms with Crippen LogP contribution >= 0.6 is 34.5 Å². The van der Waals surface area contributed by atoms with Crippen LogP contribution in [0.3, 0.4) is 0 Å². The summed E-state index contributed by atoms with van der Waals surface area (Å²) in [4.78, 5) is 25.1. The van der Waals surface area contributed by atoms with Crippen LogP contribution in [0.2, 0.25) is 9.36 Å². The van der Waals surface area contributed by atoms with Crippen molar-refractivity contribution in [3.8, 4) is 0 Å². The third kappa shape index (κ3) is 3.53. The fourth-order valence-corrected chi connectivity index (χ4v) is 3.21. The van der Waals surface area contributed by atoms with E-state index >= 15 is 0 Å².